The van der Waals surface area contributed by atoms with Crippen LogP contribution in [0.3, 0.4) is 0 Å². The Morgan fingerprint density at radius 2 is 2.16 bits per heavy atom. The first-order valence-corrected chi connectivity index (χ1v) is 6.62. The Balaban J connectivity index is 1.92. The van der Waals surface area contributed by atoms with Crippen molar-refractivity contribution < 1.29 is 14.6 Å². The molecule has 2 N–H and O–H groups in total. The first kappa shape index (κ1) is 14.1. The molecule has 1 aromatic rings. The summed E-state index contributed by atoms with van der Waals surface area (Å²) in [4.78, 5) is 4.33. The molecule has 1 fully saturated rings. The molecule has 0 spiro atoms. The molecule has 1 aliphatic carbocycles. The van der Waals surface area contributed by atoms with Crippen LogP contribution in [-0.4, -0.2) is 37.5 Å². The molecule has 0 radical (unpaired) electrons. The molecule has 0 bridgehead atoms. The van der Waals surface area contributed by atoms with E-state index in [1.54, 1.807) is 26.5 Å². The molecule has 5 heteroatoms. The first-order chi connectivity index (χ1) is 9.24. The van der Waals surface area contributed by atoms with E-state index >= 15 is 0 Å². The highest BCUT2D eigenvalue weighted by molar-refractivity contribution is 5.42. The minimum absolute atomic E-state index is 0.266. The minimum Gasteiger partial charge on any atom is -0.493 e. The van der Waals surface area contributed by atoms with E-state index in [0.29, 0.717) is 23.5 Å². The van der Waals surface area contributed by atoms with E-state index in [1.165, 1.54) is 12.8 Å². The molecule has 0 saturated heterocycles. The van der Waals surface area contributed by atoms with Crippen LogP contribution in [0.25, 0.3) is 0 Å². The maximum absolute atomic E-state index is 9.03. The van der Waals surface area contributed by atoms with Gasteiger partial charge in [0.1, 0.15) is 0 Å². The van der Waals surface area contributed by atoms with E-state index in [1.807, 2.05) is 0 Å². The van der Waals surface area contributed by atoms with Gasteiger partial charge in [-0.05, 0) is 24.7 Å². The number of aliphatic hydroxyl groups is 1. The molecular weight excluding hydrogens is 244 g/mol. The summed E-state index contributed by atoms with van der Waals surface area (Å²) in [5.74, 6) is 1.38. The second-order valence-electron chi connectivity index (χ2n) is 5.07. The van der Waals surface area contributed by atoms with E-state index in [4.69, 9.17) is 14.6 Å². The van der Waals surface area contributed by atoms with Crippen LogP contribution in [0.1, 0.15) is 25.0 Å². The number of aliphatic hydroxyl groups excluding tert-OH is 1. The fraction of sp³-hybridized carbons (Fsp3) is 0.643. The lowest BCUT2D eigenvalue weighted by Crippen LogP contribution is -2.25. The zero-order valence-electron chi connectivity index (χ0n) is 11.6. The quantitative estimate of drug-likeness (QED) is 0.743. The Kier molecular flexibility index (Phi) is 4.61. The predicted octanol–water partition coefficient (Wildman–Crippen LogP) is 1.35. The normalized spacial score (nSPS) is 16.2. The maximum Gasteiger partial charge on any atom is 0.183 e. The minimum atomic E-state index is 0.266. The zero-order chi connectivity index (χ0) is 13.7. The summed E-state index contributed by atoms with van der Waals surface area (Å²) in [5, 5.41) is 12.4. The van der Waals surface area contributed by atoms with Crippen LogP contribution >= 0.6 is 0 Å². The molecule has 5 nitrogen and oxygen atoms in total. The van der Waals surface area contributed by atoms with E-state index in [-0.39, 0.29) is 6.61 Å². The standard InChI is InChI=1S/C14H22N2O3/c1-18-12-3-7-16-11(13(12)19-2)9-15-10-14(4-5-14)6-8-17/h3,7,15,17H,4-6,8-10H2,1-2H3. The Labute approximate surface area is 114 Å². The molecule has 1 saturated carbocycles. The molecule has 106 valence electrons. The molecule has 2 rings (SSSR count). The summed E-state index contributed by atoms with van der Waals surface area (Å²) < 4.78 is 10.6. The van der Waals surface area contributed by atoms with Gasteiger partial charge in [0.05, 0.1) is 19.9 Å². The Morgan fingerprint density at radius 1 is 1.37 bits per heavy atom. The van der Waals surface area contributed by atoms with Crippen molar-refractivity contribution in [2.45, 2.75) is 25.8 Å². The van der Waals surface area contributed by atoms with Gasteiger partial charge in [0.15, 0.2) is 11.5 Å². The van der Waals surface area contributed by atoms with Crippen LogP contribution in [0.5, 0.6) is 11.5 Å². The van der Waals surface area contributed by atoms with Gasteiger partial charge < -0.3 is 19.9 Å². The SMILES string of the molecule is COc1ccnc(CNCC2(CCO)CC2)c1OC. The molecule has 1 aromatic heterocycles. The van der Waals surface area contributed by atoms with Crippen LogP contribution in [0.2, 0.25) is 0 Å². The van der Waals surface area contributed by atoms with Crippen LogP contribution in [0.4, 0.5) is 0 Å². The lowest BCUT2D eigenvalue weighted by molar-refractivity contribution is 0.245. The van der Waals surface area contributed by atoms with Crippen LogP contribution in [0.15, 0.2) is 12.3 Å². The average Bonchev–Trinajstić information content (AvgIpc) is 3.18. The molecule has 1 heterocycles. The number of ether oxygens (including phenoxy) is 2. The van der Waals surface area contributed by atoms with Gasteiger partial charge >= 0.3 is 0 Å². The topological polar surface area (TPSA) is 63.6 Å². The highest BCUT2D eigenvalue weighted by Crippen LogP contribution is 2.47. The smallest absolute Gasteiger partial charge is 0.183 e. The third-order valence-electron chi connectivity index (χ3n) is 3.76. The summed E-state index contributed by atoms with van der Waals surface area (Å²) in [6.07, 6.45) is 4.99. The van der Waals surface area contributed by atoms with Crippen LogP contribution in [-0.2, 0) is 6.54 Å². The van der Waals surface area contributed by atoms with Crippen molar-refractivity contribution in [2.75, 3.05) is 27.4 Å². The lowest BCUT2D eigenvalue weighted by atomic mass is 10.0. The molecule has 0 aliphatic heterocycles. The molecule has 0 atom stereocenters. The van der Waals surface area contributed by atoms with Crippen molar-refractivity contribution in [2.24, 2.45) is 5.41 Å². The maximum atomic E-state index is 9.03. The fourth-order valence-corrected chi connectivity index (χ4v) is 2.35. The predicted molar refractivity (Wildman–Crippen MR) is 72.4 cm³/mol. The molecular formula is C14H22N2O3. The van der Waals surface area contributed by atoms with Crippen molar-refractivity contribution in [3.63, 3.8) is 0 Å². The fourth-order valence-electron chi connectivity index (χ4n) is 2.35. The van der Waals surface area contributed by atoms with Gasteiger partial charge in [-0.1, -0.05) is 0 Å². The Hall–Kier alpha value is -1.33. The summed E-state index contributed by atoms with van der Waals surface area (Å²) in [5.41, 5.74) is 1.16. The van der Waals surface area contributed by atoms with E-state index in [2.05, 4.69) is 10.3 Å². The third-order valence-corrected chi connectivity index (χ3v) is 3.76. The number of methoxy groups -OCH3 is 2. The Morgan fingerprint density at radius 3 is 2.74 bits per heavy atom. The van der Waals surface area contributed by atoms with Crippen molar-refractivity contribution in [1.82, 2.24) is 10.3 Å². The van der Waals surface area contributed by atoms with Crippen LogP contribution in [0, 0.1) is 5.41 Å². The summed E-state index contributed by atoms with van der Waals surface area (Å²) >= 11 is 0. The molecule has 19 heavy (non-hydrogen) atoms. The monoisotopic (exact) mass is 266 g/mol. The molecule has 0 unspecified atom stereocenters. The molecule has 1 aliphatic rings. The van der Waals surface area contributed by atoms with Gasteiger partial charge in [0, 0.05) is 32.0 Å². The lowest BCUT2D eigenvalue weighted by Gasteiger charge is -2.16. The highest BCUT2D eigenvalue weighted by Gasteiger charge is 2.41. The van der Waals surface area contributed by atoms with Crippen molar-refractivity contribution in [1.29, 1.82) is 0 Å². The number of pyridine rings is 1. The number of hydrogen-bond acceptors (Lipinski definition) is 5. The van der Waals surface area contributed by atoms with Gasteiger partial charge in [-0.3, -0.25) is 4.98 Å². The number of nitrogens with zero attached hydrogens (tertiary/aromatic N) is 1. The van der Waals surface area contributed by atoms with Gasteiger partial charge in [-0.25, -0.2) is 0 Å². The van der Waals surface area contributed by atoms with Gasteiger partial charge in [0.2, 0.25) is 0 Å². The number of hydrogen-bond donors (Lipinski definition) is 2. The largest absolute Gasteiger partial charge is 0.493 e. The van der Waals surface area contributed by atoms with Crippen LogP contribution < -0.4 is 14.8 Å². The van der Waals surface area contributed by atoms with Crippen molar-refractivity contribution >= 4 is 0 Å². The van der Waals surface area contributed by atoms with Crippen molar-refractivity contribution in [3.8, 4) is 11.5 Å². The van der Waals surface area contributed by atoms with E-state index in [9.17, 15) is 0 Å². The summed E-state index contributed by atoms with van der Waals surface area (Å²) in [6, 6.07) is 1.79. The first-order valence-electron chi connectivity index (χ1n) is 6.62. The Bertz CT molecular complexity index is 419. The number of aromatic nitrogens is 1. The van der Waals surface area contributed by atoms with Gasteiger partial charge in [0.25, 0.3) is 0 Å². The van der Waals surface area contributed by atoms with E-state index < -0.39 is 0 Å². The number of nitrogens with one attached hydrogen (secondary N) is 1. The summed E-state index contributed by atoms with van der Waals surface area (Å²) in [6.45, 7) is 1.82. The third kappa shape index (κ3) is 3.36. The highest BCUT2D eigenvalue weighted by atomic mass is 16.5. The molecule has 0 aromatic carbocycles. The zero-order valence-corrected chi connectivity index (χ0v) is 11.6. The second kappa shape index (κ2) is 6.21. The van der Waals surface area contributed by atoms with Gasteiger partial charge in [-0.2, -0.15) is 0 Å². The summed E-state index contributed by atoms with van der Waals surface area (Å²) in [7, 11) is 3.24. The number of rotatable bonds is 8. The van der Waals surface area contributed by atoms with Gasteiger partial charge in [-0.15, -0.1) is 0 Å². The molecule has 0 amide bonds. The van der Waals surface area contributed by atoms with E-state index in [0.717, 1.165) is 18.7 Å². The second-order valence-corrected chi connectivity index (χ2v) is 5.07. The van der Waals surface area contributed by atoms with Crippen molar-refractivity contribution in [3.05, 3.63) is 18.0 Å². The average molecular weight is 266 g/mol.